The van der Waals surface area contributed by atoms with Crippen LogP contribution in [0.25, 0.3) is 11.6 Å². The molecule has 41 heavy (non-hydrogen) atoms. The number of fused-ring (bicyclic) bond motifs is 2. The molecule has 0 saturated carbocycles. The van der Waals surface area contributed by atoms with Crippen LogP contribution in [0.15, 0.2) is 76.8 Å². The summed E-state index contributed by atoms with van der Waals surface area (Å²) in [5, 5.41) is 6.50. The Labute approximate surface area is 251 Å². The van der Waals surface area contributed by atoms with Crippen molar-refractivity contribution < 1.29 is 4.79 Å². The van der Waals surface area contributed by atoms with Gasteiger partial charge in [-0.15, -0.1) is 4.91 Å². The summed E-state index contributed by atoms with van der Waals surface area (Å²) in [5.74, 6) is 0.938. The molecule has 2 aromatic heterocycles. The highest BCUT2D eigenvalue weighted by Gasteiger charge is 2.34. The number of hydrogen-bond acceptors (Lipinski definition) is 6. The summed E-state index contributed by atoms with van der Waals surface area (Å²) < 4.78 is 3.03. The molecule has 1 fully saturated rings. The molecule has 1 N–H and O–H groups in total. The summed E-state index contributed by atoms with van der Waals surface area (Å²) in [5.41, 5.74) is 6.28. The number of hydrogen-bond donors (Lipinski definition) is 1. The maximum Gasteiger partial charge on any atom is 0.321 e. The Hall–Kier alpha value is -3.86. The van der Waals surface area contributed by atoms with Crippen molar-refractivity contribution in [1.29, 1.82) is 0 Å². The van der Waals surface area contributed by atoms with E-state index in [2.05, 4.69) is 59.1 Å². The normalized spacial score (nSPS) is 16.8. The van der Waals surface area contributed by atoms with E-state index in [-0.39, 0.29) is 12.1 Å². The molecule has 11 heteroatoms. The Balaban J connectivity index is 1.29. The van der Waals surface area contributed by atoms with E-state index in [1.807, 2.05) is 42.5 Å². The third-order valence-electron chi connectivity index (χ3n) is 7.62. The Bertz CT molecular complexity index is 1650. The second-order valence-corrected chi connectivity index (χ2v) is 11.5. The van der Waals surface area contributed by atoms with Crippen molar-refractivity contribution in [3.63, 3.8) is 0 Å². The van der Waals surface area contributed by atoms with Gasteiger partial charge in [0.05, 0.1) is 11.7 Å². The van der Waals surface area contributed by atoms with Gasteiger partial charge in [0.2, 0.25) is 0 Å². The number of carbonyl (C=O) groups excluding carboxylic acids is 1. The molecule has 1 aliphatic carbocycles. The van der Waals surface area contributed by atoms with Gasteiger partial charge in [-0.1, -0.05) is 17.7 Å². The number of urea groups is 1. The molecule has 9 nitrogen and oxygen atoms in total. The molecule has 0 bridgehead atoms. The molecule has 2 aliphatic rings. The Kier molecular flexibility index (Phi) is 7.70. The summed E-state index contributed by atoms with van der Waals surface area (Å²) in [6.07, 6.45) is 7.86. The number of pyridine rings is 1. The maximum atomic E-state index is 13.0. The summed E-state index contributed by atoms with van der Waals surface area (Å²) in [7, 11) is 0. The summed E-state index contributed by atoms with van der Waals surface area (Å²) in [6.45, 7) is 5.09. The zero-order valence-corrected chi connectivity index (χ0v) is 24.6. The second-order valence-electron chi connectivity index (χ2n) is 10.1. The smallest absolute Gasteiger partial charge is 0.321 e. The Morgan fingerprint density at radius 3 is 2.59 bits per heavy atom. The molecule has 208 valence electrons. The first kappa shape index (κ1) is 27.3. The molecule has 1 unspecified atom stereocenters. The number of anilines is 1. The molecule has 1 saturated heterocycles. The molecule has 0 spiro atoms. The number of aryl methyl sites for hydroxylation is 1. The largest absolute Gasteiger partial charge is 0.331 e. The van der Waals surface area contributed by atoms with Crippen LogP contribution in [0.5, 0.6) is 0 Å². The highest BCUT2D eigenvalue weighted by molar-refractivity contribution is 9.10. The van der Waals surface area contributed by atoms with Crippen molar-refractivity contribution in [3.8, 4) is 0 Å². The first-order chi connectivity index (χ1) is 19.9. The summed E-state index contributed by atoms with van der Waals surface area (Å²) in [6, 6.07) is 14.4. The van der Waals surface area contributed by atoms with E-state index >= 15 is 0 Å². The Morgan fingerprint density at radius 2 is 1.88 bits per heavy atom. The van der Waals surface area contributed by atoms with Crippen molar-refractivity contribution in [1.82, 2.24) is 24.3 Å². The molecule has 4 aromatic rings. The lowest BCUT2D eigenvalue weighted by atomic mass is 9.95. The van der Waals surface area contributed by atoms with Crippen molar-refractivity contribution in [2.24, 2.45) is 5.18 Å². The third-order valence-corrected chi connectivity index (χ3v) is 8.29. The SMILES string of the molecule is Cc1nccn1CC1=Cc2cc(Cl)ccc2C(N2CCN(C(=O)Nc3ccc(N=O)cc3)CC2)c2ncc(Br)cc21. The van der Waals surface area contributed by atoms with Crippen LogP contribution >= 0.6 is 27.5 Å². The molecule has 2 aromatic carbocycles. The van der Waals surface area contributed by atoms with Gasteiger partial charge in [0.15, 0.2) is 0 Å². The number of allylic oxidation sites excluding steroid dienone is 1. The van der Waals surface area contributed by atoms with Crippen molar-refractivity contribution in [2.45, 2.75) is 19.5 Å². The van der Waals surface area contributed by atoms with Crippen LogP contribution < -0.4 is 5.32 Å². The third kappa shape index (κ3) is 5.68. The fraction of sp³-hybridized carbons (Fsp3) is 0.233. The predicted molar refractivity (Wildman–Crippen MR) is 164 cm³/mol. The molecule has 3 heterocycles. The van der Waals surface area contributed by atoms with Crippen LogP contribution in [0.2, 0.25) is 5.02 Å². The minimum Gasteiger partial charge on any atom is -0.331 e. The van der Waals surface area contributed by atoms with E-state index < -0.39 is 0 Å². The van der Waals surface area contributed by atoms with E-state index in [1.165, 1.54) is 0 Å². The van der Waals surface area contributed by atoms with Crippen molar-refractivity contribution in [3.05, 3.63) is 110 Å². The number of nitroso groups, excluding NO2 is 1. The number of piperazine rings is 1. The summed E-state index contributed by atoms with van der Waals surface area (Å²) >= 11 is 10.1. The van der Waals surface area contributed by atoms with Gasteiger partial charge in [0.1, 0.15) is 11.5 Å². The topological polar surface area (TPSA) is 95.7 Å². The average Bonchev–Trinajstić information content (AvgIpc) is 3.33. The van der Waals surface area contributed by atoms with Gasteiger partial charge in [-0.2, -0.15) is 0 Å². The number of amides is 2. The molecule has 6 rings (SSSR count). The van der Waals surface area contributed by atoms with Crippen LogP contribution in [0.3, 0.4) is 0 Å². The van der Waals surface area contributed by atoms with Gasteiger partial charge in [-0.05, 0) is 93.3 Å². The number of nitrogens with zero attached hydrogens (tertiary/aromatic N) is 6. The van der Waals surface area contributed by atoms with E-state index in [1.54, 1.807) is 24.3 Å². The van der Waals surface area contributed by atoms with E-state index in [0.29, 0.717) is 49.1 Å². The van der Waals surface area contributed by atoms with E-state index in [0.717, 1.165) is 38.3 Å². The summed E-state index contributed by atoms with van der Waals surface area (Å²) in [4.78, 5) is 37.3. The number of imidazole rings is 1. The molecular weight excluding hydrogens is 606 g/mol. The van der Waals surface area contributed by atoms with E-state index in [4.69, 9.17) is 16.6 Å². The number of benzene rings is 2. The maximum absolute atomic E-state index is 13.0. The zero-order valence-electron chi connectivity index (χ0n) is 22.3. The van der Waals surface area contributed by atoms with Gasteiger partial charge in [-0.25, -0.2) is 9.78 Å². The first-order valence-electron chi connectivity index (χ1n) is 13.3. The van der Waals surface area contributed by atoms with Crippen molar-refractivity contribution in [2.75, 3.05) is 31.5 Å². The predicted octanol–water partition coefficient (Wildman–Crippen LogP) is 6.89. The number of nitrogens with one attached hydrogen (secondary N) is 1. The fourth-order valence-corrected chi connectivity index (χ4v) is 6.02. The number of aromatic nitrogens is 3. The highest BCUT2D eigenvalue weighted by atomic mass is 79.9. The molecule has 1 aliphatic heterocycles. The van der Waals surface area contributed by atoms with Crippen molar-refractivity contribution >= 4 is 56.6 Å². The highest BCUT2D eigenvalue weighted by Crippen LogP contribution is 2.41. The lowest BCUT2D eigenvalue weighted by Crippen LogP contribution is -2.51. The average molecular weight is 633 g/mol. The number of rotatable bonds is 5. The first-order valence-corrected chi connectivity index (χ1v) is 14.4. The van der Waals surface area contributed by atoms with Crippen LogP contribution in [-0.4, -0.2) is 56.5 Å². The molecule has 2 amide bonds. The number of halogens is 2. The molecular formula is C30H27BrClN7O2. The monoisotopic (exact) mass is 631 g/mol. The van der Waals surface area contributed by atoms with Gasteiger partial charge < -0.3 is 14.8 Å². The van der Waals surface area contributed by atoms with Crippen LogP contribution in [0.1, 0.15) is 34.3 Å². The molecule has 0 radical (unpaired) electrons. The number of carbonyl (C=O) groups is 1. The standard InChI is InChI=1S/C30H27BrClN7O2/c1-19-33-8-9-39(19)18-21-14-20-15-23(32)2-7-26(20)29(28-27(21)16-22(31)17-34-28)37-10-12-38(13-11-37)30(40)35-24-3-5-25(36-41)6-4-24/h2-9,14-17,29H,10-13,18H2,1H3,(H,35,40). The minimum atomic E-state index is -0.174. The van der Waals surface area contributed by atoms with Crippen LogP contribution in [0.4, 0.5) is 16.2 Å². The fourth-order valence-electron chi connectivity index (χ4n) is 5.50. The van der Waals surface area contributed by atoms with Gasteiger partial charge in [0.25, 0.3) is 0 Å². The quantitative estimate of drug-likeness (QED) is 0.242. The van der Waals surface area contributed by atoms with E-state index in [9.17, 15) is 9.70 Å². The van der Waals surface area contributed by atoms with Gasteiger partial charge in [-0.3, -0.25) is 9.88 Å². The lowest BCUT2D eigenvalue weighted by Gasteiger charge is -2.39. The van der Waals surface area contributed by atoms with Crippen LogP contribution in [0, 0.1) is 11.8 Å². The zero-order chi connectivity index (χ0) is 28.5. The second kappa shape index (κ2) is 11.6. The van der Waals surface area contributed by atoms with Crippen LogP contribution in [-0.2, 0) is 6.54 Å². The minimum absolute atomic E-state index is 0.114. The Morgan fingerprint density at radius 1 is 1.10 bits per heavy atom. The lowest BCUT2D eigenvalue weighted by molar-refractivity contribution is 0.125. The van der Waals surface area contributed by atoms with Gasteiger partial charge in [0, 0.05) is 72.1 Å². The molecule has 1 atom stereocenters. The van der Waals surface area contributed by atoms with Gasteiger partial charge >= 0.3 is 6.03 Å².